The molecule has 0 amide bonds. The summed E-state index contributed by atoms with van der Waals surface area (Å²) in [5.41, 5.74) is 7.98. The molecule has 0 aliphatic heterocycles. The fourth-order valence-electron chi connectivity index (χ4n) is 2.07. The van der Waals surface area contributed by atoms with E-state index in [-0.39, 0.29) is 6.04 Å². The van der Waals surface area contributed by atoms with Gasteiger partial charge in [-0.15, -0.1) is 10.2 Å². The van der Waals surface area contributed by atoms with E-state index in [2.05, 4.69) is 63.6 Å². The van der Waals surface area contributed by atoms with Gasteiger partial charge in [0.25, 0.3) is 0 Å². The van der Waals surface area contributed by atoms with Crippen molar-refractivity contribution in [2.75, 3.05) is 0 Å². The Hall–Kier alpha value is -1.20. The molecule has 2 N–H and O–H groups in total. The van der Waals surface area contributed by atoms with Crippen LogP contribution in [0, 0.1) is 6.92 Å². The summed E-state index contributed by atoms with van der Waals surface area (Å²) < 4.78 is 3.16. The summed E-state index contributed by atoms with van der Waals surface area (Å²) in [6.07, 6.45) is 0. The lowest BCUT2D eigenvalue weighted by atomic mass is 10.1. The van der Waals surface area contributed by atoms with Crippen molar-refractivity contribution in [1.82, 2.24) is 14.8 Å². The predicted molar refractivity (Wildman–Crippen MR) is 76.2 cm³/mol. The van der Waals surface area contributed by atoms with Gasteiger partial charge in [0.15, 0.2) is 5.82 Å². The Bertz CT molecular complexity index is 560. The minimum Gasteiger partial charge on any atom is -0.324 e. The number of rotatable bonds is 3. The van der Waals surface area contributed by atoms with Crippen molar-refractivity contribution in [2.24, 2.45) is 5.73 Å². The molecule has 0 aliphatic rings. The van der Waals surface area contributed by atoms with Crippen LogP contribution in [0.3, 0.4) is 0 Å². The lowest BCUT2D eigenvalue weighted by molar-refractivity contribution is 0.574. The van der Waals surface area contributed by atoms with Crippen LogP contribution in [0.2, 0.25) is 0 Å². The molecule has 0 spiro atoms. The van der Waals surface area contributed by atoms with Crippen LogP contribution < -0.4 is 5.73 Å². The first-order valence-corrected chi connectivity index (χ1v) is 6.74. The smallest absolute Gasteiger partial charge is 0.164 e. The molecule has 0 saturated heterocycles. The first-order chi connectivity index (χ1) is 8.54. The standard InChI is InChI=1S/C13H17BrN4/c1-8(2)18-12(7-15)16-17-13(18)11-5-4-10(14)6-9(11)3/h4-6,8H,7,15H2,1-3H3. The molecule has 0 unspecified atom stereocenters. The summed E-state index contributed by atoms with van der Waals surface area (Å²) in [7, 11) is 0. The maximum absolute atomic E-state index is 5.71. The van der Waals surface area contributed by atoms with Crippen molar-refractivity contribution in [3.05, 3.63) is 34.1 Å². The van der Waals surface area contributed by atoms with Crippen LogP contribution in [0.4, 0.5) is 0 Å². The molecule has 4 nitrogen and oxygen atoms in total. The van der Waals surface area contributed by atoms with Crippen molar-refractivity contribution < 1.29 is 0 Å². The van der Waals surface area contributed by atoms with Gasteiger partial charge in [0.1, 0.15) is 5.82 Å². The average Bonchev–Trinajstić information content (AvgIpc) is 2.72. The van der Waals surface area contributed by atoms with Crippen LogP contribution in [0.1, 0.15) is 31.3 Å². The predicted octanol–water partition coefficient (Wildman–Crippen LogP) is 3.06. The Morgan fingerprint density at radius 3 is 2.61 bits per heavy atom. The van der Waals surface area contributed by atoms with Gasteiger partial charge in [-0.2, -0.15) is 0 Å². The van der Waals surface area contributed by atoms with Crippen LogP contribution >= 0.6 is 15.9 Å². The van der Waals surface area contributed by atoms with E-state index in [1.165, 1.54) is 5.56 Å². The second-order valence-corrected chi connectivity index (χ2v) is 5.48. The Morgan fingerprint density at radius 1 is 1.33 bits per heavy atom. The first-order valence-electron chi connectivity index (χ1n) is 5.95. The zero-order chi connectivity index (χ0) is 13.3. The average molecular weight is 309 g/mol. The van der Waals surface area contributed by atoms with E-state index in [1.807, 2.05) is 6.07 Å². The molecule has 0 saturated carbocycles. The van der Waals surface area contributed by atoms with Gasteiger partial charge < -0.3 is 10.3 Å². The maximum Gasteiger partial charge on any atom is 0.164 e. The van der Waals surface area contributed by atoms with Gasteiger partial charge in [-0.3, -0.25) is 0 Å². The molecule has 0 radical (unpaired) electrons. The molecule has 1 aromatic carbocycles. The van der Waals surface area contributed by atoms with Crippen molar-refractivity contribution in [1.29, 1.82) is 0 Å². The molecule has 96 valence electrons. The van der Waals surface area contributed by atoms with E-state index in [4.69, 9.17) is 5.73 Å². The van der Waals surface area contributed by atoms with Crippen molar-refractivity contribution >= 4 is 15.9 Å². The lowest BCUT2D eigenvalue weighted by Crippen LogP contribution is -2.11. The second-order valence-electron chi connectivity index (χ2n) is 4.57. The summed E-state index contributed by atoms with van der Waals surface area (Å²) >= 11 is 3.47. The Labute approximate surface area is 115 Å². The minimum atomic E-state index is 0.289. The largest absolute Gasteiger partial charge is 0.324 e. The number of benzene rings is 1. The second kappa shape index (κ2) is 5.20. The van der Waals surface area contributed by atoms with Crippen molar-refractivity contribution in [2.45, 2.75) is 33.4 Å². The van der Waals surface area contributed by atoms with Gasteiger partial charge in [0, 0.05) is 16.1 Å². The van der Waals surface area contributed by atoms with Crippen LogP contribution in [-0.2, 0) is 6.54 Å². The zero-order valence-corrected chi connectivity index (χ0v) is 12.4. The number of hydrogen-bond acceptors (Lipinski definition) is 3. The lowest BCUT2D eigenvalue weighted by Gasteiger charge is -2.14. The molecule has 1 aromatic heterocycles. The van der Waals surface area contributed by atoms with Gasteiger partial charge in [-0.05, 0) is 44.5 Å². The van der Waals surface area contributed by atoms with E-state index in [0.29, 0.717) is 6.54 Å². The number of hydrogen-bond donors (Lipinski definition) is 1. The topological polar surface area (TPSA) is 56.7 Å². The highest BCUT2D eigenvalue weighted by Crippen LogP contribution is 2.27. The van der Waals surface area contributed by atoms with E-state index < -0.39 is 0 Å². The van der Waals surface area contributed by atoms with Crippen LogP contribution in [-0.4, -0.2) is 14.8 Å². The first kappa shape index (κ1) is 13.2. The molecular formula is C13H17BrN4. The molecule has 0 aliphatic carbocycles. The van der Waals surface area contributed by atoms with Gasteiger partial charge in [-0.25, -0.2) is 0 Å². The molecular weight excluding hydrogens is 292 g/mol. The van der Waals surface area contributed by atoms with Crippen LogP contribution in [0.25, 0.3) is 11.4 Å². The quantitative estimate of drug-likeness (QED) is 0.948. The van der Waals surface area contributed by atoms with Gasteiger partial charge in [-0.1, -0.05) is 15.9 Å². The fourth-order valence-corrected chi connectivity index (χ4v) is 2.54. The third kappa shape index (κ3) is 2.33. The number of nitrogens with zero attached hydrogens (tertiary/aromatic N) is 3. The van der Waals surface area contributed by atoms with Crippen molar-refractivity contribution in [3.8, 4) is 11.4 Å². The van der Waals surface area contributed by atoms with Crippen LogP contribution in [0.15, 0.2) is 22.7 Å². The Morgan fingerprint density at radius 2 is 2.06 bits per heavy atom. The molecule has 2 rings (SSSR count). The highest BCUT2D eigenvalue weighted by molar-refractivity contribution is 9.10. The number of aryl methyl sites for hydroxylation is 1. The Balaban J connectivity index is 2.60. The van der Waals surface area contributed by atoms with E-state index >= 15 is 0 Å². The third-order valence-electron chi connectivity index (χ3n) is 2.89. The van der Waals surface area contributed by atoms with E-state index in [9.17, 15) is 0 Å². The number of halogens is 1. The summed E-state index contributed by atoms with van der Waals surface area (Å²) in [4.78, 5) is 0. The normalized spacial score (nSPS) is 11.2. The zero-order valence-electron chi connectivity index (χ0n) is 10.8. The number of aromatic nitrogens is 3. The summed E-state index contributed by atoms with van der Waals surface area (Å²) in [5, 5.41) is 8.46. The molecule has 0 bridgehead atoms. The van der Waals surface area contributed by atoms with E-state index in [0.717, 1.165) is 21.7 Å². The van der Waals surface area contributed by atoms with Gasteiger partial charge in [0.05, 0.1) is 6.54 Å². The van der Waals surface area contributed by atoms with Crippen LogP contribution in [0.5, 0.6) is 0 Å². The minimum absolute atomic E-state index is 0.289. The number of nitrogens with two attached hydrogens (primary N) is 1. The van der Waals surface area contributed by atoms with Crippen molar-refractivity contribution in [3.63, 3.8) is 0 Å². The maximum atomic E-state index is 5.71. The molecule has 0 atom stereocenters. The summed E-state index contributed by atoms with van der Waals surface area (Å²) in [6.45, 7) is 6.70. The molecule has 18 heavy (non-hydrogen) atoms. The molecule has 0 fully saturated rings. The Kier molecular flexibility index (Phi) is 3.82. The fraction of sp³-hybridized carbons (Fsp3) is 0.385. The molecule has 2 aromatic rings. The highest BCUT2D eigenvalue weighted by Gasteiger charge is 2.16. The third-order valence-corrected chi connectivity index (χ3v) is 3.39. The van der Waals surface area contributed by atoms with Gasteiger partial charge in [0.2, 0.25) is 0 Å². The SMILES string of the molecule is Cc1cc(Br)ccc1-c1nnc(CN)n1C(C)C. The highest BCUT2D eigenvalue weighted by atomic mass is 79.9. The summed E-state index contributed by atoms with van der Waals surface area (Å²) in [6, 6.07) is 6.44. The summed E-state index contributed by atoms with van der Waals surface area (Å²) in [5.74, 6) is 1.71. The van der Waals surface area contributed by atoms with E-state index in [1.54, 1.807) is 0 Å². The van der Waals surface area contributed by atoms with Gasteiger partial charge >= 0.3 is 0 Å². The molecule has 5 heteroatoms. The molecule has 1 heterocycles. The monoisotopic (exact) mass is 308 g/mol.